The quantitative estimate of drug-likeness (QED) is 0.266. The largest absolute Gasteiger partial charge is 0.379 e. The molecule has 0 amide bonds. The van der Waals surface area contributed by atoms with E-state index in [9.17, 15) is 0 Å². The molecule has 7 heteroatoms. The second-order valence-electron chi connectivity index (χ2n) is 8.27. The molecule has 0 radical (unpaired) electrons. The Morgan fingerprint density at radius 3 is 2.63 bits per heavy atom. The first-order chi connectivity index (χ1) is 12.8. The highest BCUT2D eigenvalue weighted by Gasteiger charge is 2.30. The summed E-state index contributed by atoms with van der Waals surface area (Å²) in [6, 6.07) is 0.665. The van der Waals surface area contributed by atoms with Gasteiger partial charge in [-0.25, -0.2) is 0 Å². The number of nitrogens with zero attached hydrogens (tertiary/aromatic N) is 4. The van der Waals surface area contributed by atoms with E-state index < -0.39 is 0 Å². The second-order valence-corrected chi connectivity index (χ2v) is 8.27. The summed E-state index contributed by atoms with van der Waals surface area (Å²) in [5.74, 6) is 1.97. The van der Waals surface area contributed by atoms with Crippen molar-refractivity contribution in [1.82, 2.24) is 20.0 Å². The van der Waals surface area contributed by atoms with Gasteiger partial charge < -0.3 is 19.9 Å². The Labute approximate surface area is 183 Å². The molecule has 0 spiro atoms. The monoisotopic (exact) mass is 493 g/mol. The van der Waals surface area contributed by atoms with E-state index in [2.05, 4.69) is 31.9 Å². The molecule has 3 fully saturated rings. The van der Waals surface area contributed by atoms with E-state index in [4.69, 9.17) is 4.74 Å². The minimum absolute atomic E-state index is 0. The fraction of sp³-hybridized carbons (Fsp3) is 0.950. The molecular weight excluding hydrogens is 453 g/mol. The van der Waals surface area contributed by atoms with Gasteiger partial charge in [0.1, 0.15) is 0 Å². The highest BCUT2D eigenvalue weighted by molar-refractivity contribution is 14.0. The number of halogens is 1. The van der Waals surface area contributed by atoms with Crippen LogP contribution in [0.1, 0.15) is 39.0 Å². The molecular formula is C20H40IN5O. The summed E-state index contributed by atoms with van der Waals surface area (Å²) >= 11 is 0. The predicted molar refractivity (Wildman–Crippen MR) is 123 cm³/mol. The Morgan fingerprint density at radius 1 is 1.07 bits per heavy atom. The molecule has 0 aromatic heterocycles. The molecule has 6 nitrogen and oxygen atoms in total. The minimum Gasteiger partial charge on any atom is -0.379 e. The lowest BCUT2D eigenvalue weighted by atomic mass is 10.0. The zero-order valence-electron chi connectivity index (χ0n) is 17.4. The van der Waals surface area contributed by atoms with E-state index in [0.29, 0.717) is 6.04 Å². The van der Waals surface area contributed by atoms with Gasteiger partial charge >= 0.3 is 0 Å². The lowest BCUT2D eigenvalue weighted by molar-refractivity contribution is 0.0195. The van der Waals surface area contributed by atoms with Gasteiger partial charge in [0.25, 0.3) is 0 Å². The molecule has 3 aliphatic heterocycles. The number of hydrogen-bond donors (Lipinski definition) is 1. The maximum absolute atomic E-state index is 5.49. The highest BCUT2D eigenvalue weighted by atomic mass is 127. The van der Waals surface area contributed by atoms with Crippen molar-refractivity contribution in [3.05, 3.63) is 0 Å². The van der Waals surface area contributed by atoms with Crippen LogP contribution >= 0.6 is 24.0 Å². The highest BCUT2D eigenvalue weighted by Crippen LogP contribution is 2.17. The zero-order chi connectivity index (χ0) is 18.2. The predicted octanol–water partition coefficient (Wildman–Crippen LogP) is 2.10. The van der Waals surface area contributed by atoms with Gasteiger partial charge in [0.15, 0.2) is 5.96 Å². The van der Waals surface area contributed by atoms with Crippen LogP contribution in [0.2, 0.25) is 0 Å². The van der Waals surface area contributed by atoms with Gasteiger partial charge in [-0.3, -0.25) is 9.89 Å². The van der Waals surface area contributed by atoms with Crippen molar-refractivity contribution in [2.75, 3.05) is 72.6 Å². The van der Waals surface area contributed by atoms with Crippen LogP contribution in [0.4, 0.5) is 0 Å². The molecule has 2 unspecified atom stereocenters. The van der Waals surface area contributed by atoms with Crippen LogP contribution in [0, 0.1) is 5.92 Å². The topological polar surface area (TPSA) is 43.3 Å². The molecule has 2 atom stereocenters. The lowest BCUT2D eigenvalue weighted by Crippen LogP contribution is -2.46. The maximum atomic E-state index is 5.49. The Kier molecular flexibility index (Phi) is 10.7. The summed E-state index contributed by atoms with van der Waals surface area (Å²) in [6.45, 7) is 13.4. The first kappa shape index (κ1) is 23.2. The summed E-state index contributed by atoms with van der Waals surface area (Å²) in [4.78, 5) is 12.2. The van der Waals surface area contributed by atoms with Crippen molar-refractivity contribution in [3.63, 3.8) is 0 Å². The summed E-state index contributed by atoms with van der Waals surface area (Å²) in [5, 5.41) is 3.60. The van der Waals surface area contributed by atoms with Crippen LogP contribution in [0.5, 0.6) is 0 Å². The van der Waals surface area contributed by atoms with Gasteiger partial charge in [-0.1, -0.05) is 6.92 Å². The Hall–Kier alpha value is -0.120. The van der Waals surface area contributed by atoms with Crippen molar-refractivity contribution in [2.45, 2.75) is 45.1 Å². The molecule has 3 aliphatic rings. The number of hydrogen-bond acceptors (Lipinski definition) is 4. The van der Waals surface area contributed by atoms with Gasteiger partial charge in [0.05, 0.1) is 13.2 Å². The van der Waals surface area contributed by atoms with Gasteiger partial charge in [0.2, 0.25) is 0 Å². The first-order valence-corrected chi connectivity index (χ1v) is 10.8. The molecule has 0 aliphatic carbocycles. The Balaban J connectivity index is 0.00000261. The minimum atomic E-state index is 0. The number of aliphatic imine (C=N–C) groups is 1. The van der Waals surface area contributed by atoms with Crippen molar-refractivity contribution in [3.8, 4) is 0 Å². The van der Waals surface area contributed by atoms with Gasteiger partial charge in [-0.05, 0) is 51.1 Å². The second kappa shape index (κ2) is 12.4. The smallest absolute Gasteiger partial charge is 0.193 e. The van der Waals surface area contributed by atoms with Crippen molar-refractivity contribution >= 4 is 29.9 Å². The van der Waals surface area contributed by atoms with E-state index in [-0.39, 0.29) is 24.0 Å². The van der Waals surface area contributed by atoms with Crippen LogP contribution < -0.4 is 5.32 Å². The third-order valence-electron chi connectivity index (χ3n) is 6.16. The zero-order valence-corrected chi connectivity index (χ0v) is 19.7. The van der Waals surface area contributed by atoms with Crippen LogP contribution in [0.25, 0.3) is 0 Å². The van der Waals surface area contributed by atoms with Crippen LogP contribution in [-0.2, 0) is 4.74 Å². The van der Waals surface area contributed by atoms with E-state index in [1.54, 1.807) is 0 Å². The van der Waals surface area contributed by atoms with Crippen LogP contribution in [0.3, 0.4) is 0 Å². The molecule has 0 saturated carbocycles. The average Bonchev–Trinajstić information content (AvgIpc) is 3.15. The number of unbranched alkanes of at least 4 members (excludes halogenated alkanes) is 1. The molecule has 0 bridgehead atoms. The van der Waals surface area contributed by atoms with Crippen molar-refractivity contribution in [2.24, 2.45) is 10.9 Å². The van der Waals surface area contributed by atoms with E-state index >= 15 is 0 Å². The standard InChI is InChI=1S/C20H39N5O.HI/c1-18-6-5-10-23(16-18)9-4-3-8-22-20(21-2)25-11-7-19(17-25)24-12-14-26-15-13-24;/h18-19H,3-17H2,1-2H3,(H,21,22);1H. The maximum Gasteiger partial charge on any atom is 0.193 e. The molecule has 3 heterocycles. The number of morpholine rings is 1. The van der Waals surface area contributed by atoms with Crippen molar-refractivity contribution < 1.29 is 4.74 Å². The third kappa shape index (κ3) is 7.33. The fourth-order valence-corrected chi connectivity index (χ4v) is 4.66. The SMILES string of the molecule is CN=C(NCCCCN1CCCC(C)C1)N1CCC(N2CCOCC2)C1.I. The molecule has 3 saturated heterocycles. The molecule has 158 valence electrons. The van der Waals surface area contributed by atoms with E-state index in [1.165, 1.54) is 51.7 Å². The average molecular weight is 493 g/mol. The van der Waals surface area contributed by atoms with Crippen molar-refractivity contribution in [1.29, 1.82) is 0 Å². The molecule has 0 aromatic rings. The molecule has 0 aromatic carbocycles. The molecule has 27 heavy (non-hydrogen) atoms. The fourth-order valence-electron chi connectivity index (χ4n) is 4.66. The summed E-state index contributed by atoms with van der Waals surface area (Å²) in [5.41, 5.74) is 0. The number of guanidine groups is 1. The number of rotatable bonds is 6. The lowest BCUT2D eigenvalue weighted by Gasteiger charge is -2.32. The summed E-state index contributed by atoms with van der Waals surface area (Å²) in [6.07, 6.45) is 6.55. The van der Waals surface area contributed by atoms with Gasteiger partial charge in [-0.15, -0.1) is 24.0 Å². The number of nitrogens with one attached hydrogen (secondary N) is 1. The van der Waals surface area contributed by atoms with Crippen LogP contribution in [0.15, 0.2) is 4.99 Å². The van der Waals surface area contributed by atoms with E-state index in [1.807, 2.05) is 7.05 Å². The molecule has 1 N–H and O–H groups in total. The van der Waals surface area contributed by atoms with E-state index in [0.717, 1.165) is 57.8 Å². The Morgan fingerprint density at radius 2 is 1.89 bits per heavy atom. The normalized spacial score (nSPS) is 28.2. The summed E-state index contributed by atoms with van der Waals surface area (Å²) in [7, 11) is 1.92. The number of piperidine rings is 1. The third-order valence-corrected chi connectivity index (χ3v) is 6.16. The number of ether oxygens (including phenoxy) is 1. The first-order valence-electron chi connectivity index (χ1n) is 10.8. The Bertz CT molecular complexity index is 444. The van der Waals surface area contributed by atoms with Gasteiger partial charge in [0, 0.05) is 52.4 Å². The molecule has 3 rings (SSSR count). The summed E-state index contributed by atoms with van der Waals surface area (Å²) < 4.78 is 5.49. The van der Waals surface area contributed by atoms with Crippen LogP contribution in [-0.4, -0.2) is 99.3 Å². The van der Waals surface area contributed by atoms with Gasteiger partial charge in [-0.2, -0.15) is 0 Å². The number of likely N-dealkylation sites (tertiary alicyclic amines) is 2.